The molecule has 0 aliphatic carbocycles. The molecule has 0 bridgehead atoms. The van der Waals surface area contributed by atoms with E-state index in [2.05, 4.69) is 10.3 Å². The van der Waals surface area contributed by atoms with Crippen molar-refractivity contribution in [3.05, 3.63) is 30.1 Å². The second-order valence-electron chi connectivity index (χ2n) is 3.12. The van der Waals surface area contributed by atoms with Gasteiger partial charge in [-0.3, -0.25) is 4.98 Å². The second kappa shape index (κ2) is 5.67. The number of hydrogen-bond acceptors (Lipinski definition) is 3. The maximum absolute atomic E-state index is 8.97. The lowest BCUT2D eigenvalue weighted by atomic mass is 10.2. The highest BCUT2D eigenvalue weighted by atomic mass is 16.3. The third kappa shape index (κ3) is 4.60. The minimum Gasteiger partial charge on any atom is -0.392 e. The summed E-state index contributed by atoms with van der Waals surface area (Å²) in [5.74, 6) is 0. The van der Waals surface area contributed by atoms with Crippen molar-refractivity contribution < 1.29 is 5.11 Å². The zero-order valence-corrected chi connectivity index (χ0v) is 7.90. The van der Waals surface area contributed by atoms with Crippen LogP contribution in [0.2, 0.25) is 0 Å². The molecule has 72 valence electrons. The van der Waals surface area contributed by atoms with Crippen molar-refractivity contribution in [2.24, 2.45) is 0 Å². The molecule has 1 heterocycles. The molecule has 0 amide bonds. The van der Waals surface area contributed by atoms with E-state index < -0.39 is 0 Å². The van der Waals surface area contributed by atoms with Gasteiger partial charge in [0.2, 0.25) is 0 Å². The molecule has 0 saturated heterocycles. The molecule has 0 radical (unpaired) electrons. The average Bonchev–Trinajstić information content (AvgIpc) is 2.14. The first kappa shape index (κ1) is 10.2. The number of nitrogens with zero attached hydrogens (tertiary/aromatic N) is 1. The van der Waals surface area contributed by atoms with Crippen LogP contribution in [0.5, 0.6) is 0 Å². The molecule has 0 spiro atoms. The van der Waals surface area contributed by atoms with Gasteiger partial charge in [0.1, 0.15) is 0 Å². The molecule has 1 unspecified atom stereocenters. The summed E-state index contributed by atoms with van der Waals surface area (Å²) in [4.78, 5) is 4.19. The summed E-state index contributed by atoms with van der Waals surface area (Å²) in [5, 5.41) is 12.1. The summed E-state index contributed by atoms with van der Waals surface area (Å²) in [6.07, 6.45) is 2.43. The Labute approximate surface area is 78.8 Å². The van der Waals surface area contributed by atoms with E-state index in [0.29, 0.717) is 6.54 Å². The highest BCUT2D eigenvalue weighted by molar-refractivity contribution is 5.03. The van der Waals surface area contributed by atoms with Gasteiger partial charge in [0.05, 0.1) is 6.10 Å². The Kier molecular flexibility index (Phi) is 4.43. The zero-order valence-electron chi connectivity index (χ0n) is 7.90. The van der Waals surface area contributed by atoms with Gasteiger partial charge in [-0.1, -0.05) is 6.07 Å². The molecule has 1 rings (SSSR count). The van der Waals surface area contributed by atoms with Crippen LogP contribution >= 0.6 is 0 Å². The van der Waals surface area contributed by atoms with Gasteiger partial charge in [-0.2, -0.15) is 0 Å². The van der Waals surface area contributed by atoms with Crippen molar-refractivity contribution in [3.8, 4) is 0 Å². The molecular formula is C10H16N2O. The third-order valence-electron chi connectivity index (χ3n) is 1.72. The number of aromatic nitrogens is 1. The Balaban J connectivity index is 2.13. The molecule has 13 heavy (non-hydrogen) atoms. The quantitative estimate of drug-likeness (QED) is 0.652. The highest BCUT2D eigenvalue weighted by Crippen LogP contribution is 1.92. The number of hydrogen-bond donors (Lipinski definition) is 2. The van der Waals surface area contributed by atoms with Gasteiger partial charge in [0.25, 0.3) is 0 Å². The molecule has 1 atom stereocenters. The third-order valence-corrected chi connectivity index (χ3v) is 1.72. The fourth-order valence-electron chi connectivity index (χ4n) is 1.07. The number of aliphatic hydroxyl groups excluding tert-OH is 1. The first-order valence-corrected chi connectivity index (χ1v) is 4.57. The van der Waals surface area contributed by atoms with Gasteiger partial charge < -0.3 is 10.4 Å². The lowest BCUT2D eigenvalue weighted by Gasteiger charge is -2.05. The van der Waals surface area contributed by atoms with E-state index in [1.165, 1.54) is 0 Å². The lowest BCUT2D eigenvalue weighted by molar-refractivity contribution is 0.191. The maximum Gasteiger partial charge on any atom is 0.0636 e. The van der Waals surface area contributed by atoms with E-state index >= 15 is 0 Å². The highest BCUT2D eigenvalue weighted by Gasteiger charge is 1.95. The Bertz CT molecular complexity index is 224. The number of aliphatic hydroxyl groups is 1. The molecule has 3 heteroatoms. The van der Waals surface area contributed by atoms with E-state index in [-0.39, 0.29) is 6.10 Å². The van der Waals surface area contributed by atoms with Crippen molar-refractivity contribution in [2.75, 3.05) is 13.1 Å². The van der Waals surface area contributed by atoms with Gasteiger partial charge in [0.15, 0.2) is 0 Å². The normalized spacial score (nSPS) is 12.8. The van der Waals surface area contributed by atoms with Crippen LogP contribution in [0.25, 0.3) is 0 Å². The van der Waals surface area contributed by atoms with Crippen molar-refractivity contribution in [2.45, 2.75) is 19.4 Å². The van der Waals surface area contributed by atoms with Crippen LogP contribution in [0.15, 0.2) is 24.4 Å². The van der Waals surface area contributed by atoms with Crippen LogP contribution < -0.4 is 5.32 Å². The fraction of sp³-hybridized carbons (Fsp3) is 0.500. The monoisotopic (exact) mass is 180 g/mol. The predicted molar refractivity (Wildman–Crippen MR) is 52.5 cm³/mol. The SMILES string of the molecule is CC(O)CNCCc1ccccn1. The summed E-state index contributed by atoms with van der Waals surface area (Å²) in [5.41, 5.74) is 1.08. The summed E-state index contributed by atoms with van der Waals surface area (Å²) < 4.78 is 0. The fourth-order valence-corrected chi connectivity index (χ4v) is 1.07. The minimum absolute atomic E-state index is 0.274. The molecule has 2 N–H and O–H groups in total. The molecule has 0 aliphatic heterocycles. The van der Waals surface area contributed by atoms with E-state index in [0.717, 1.165) is 18.7 Å². The summed E-state index contributed by atoms with van der Waals surface area (Å²) >= 11 is 0. The Morgan fingerprint density at radius 3 is 3.00 bits per heavy atom. The van der Waals surface area contributed by atoms with Crippen molar-refractivity contribution in [1.29, 1.82) is 0 Å². The molecule has 0 aromatic carbocycles. The molecule has 0 aliphatic rings. The van der Waals surface area contributed by atoms with Crippen LogP contribution in [0.3, 0.4) is 0 Å². The first-order valence-electron chi connectivity index (χ1n) is 4.57. The minimum atomic E-state index is -0.274. The molecule has 3 nitrogen and oxygen atoms in total. The van der Waals surface area contributed by atoms with Crippen LogP contribution in [0, 0.1) is 0 Å². The summed E-state index contributed by atoms with van der Waals surface area (Å²) in [7, 11) is 0. The van der Waals surface area contributed by atoms with Crippen LogP contribution in [0.1, 0.15) is 12.6 Å². The number of rotatable bonds is 5. The van der Waals surface area contributed by atoms with Crippen LogP contribution in [0.4, 0.5) is 0 Å². The van der Waals surface area contributed by atoms with Gasteiger partial charge in [-0.05, 0) is 19.1 Å². The molecule has 1 aromatic rings. The Morgan fingerprint density at radius 1 is 1.54 bits per heavy atom. The standard InChI is InChI=1S/C10H16N2O/c1-9(13)8-11-7-5-10-4-2-3-6-12-10/h2-4,6,9,11,13H,5,7-8H2,1H3. The molecule has 0 saturated carbocycles. The molecule has 0 fully saturated rings. The van der Waals surface area contributed by atoms with Gasteiger partial charge in [-0.15, -0.1) is 0 Å². The molecular weight excluding hydrogens is 164 g/mol. The zero-order chi connectivity index (χ0) is 9.52. The van der Waals surface area contributed by atoms with Gasteiger partial charge >= 0.3 is 0 Å². The smallest absolute Gasteiger partial charge is 0.0636 e. The van der Waals surface area contributed by atoms with E-state index in [1.807, 2.05) is 18.2 Å². The Hall–Kier alpha value is -0.930. The van der Waals surface area contributed by atoms with Crippen LogP contribution in [-0.2, 0) is 6.42 Å². The second-order valence-corrected chi connectivity index (χ2v) is 3.12. The molecule has 1 aromatic heterocycles. The Morgan fingerprint density at radius 2 is 2.38 bits per heavy atom. The first-order chi connectivity index (χ1) is 6.29. The van der Waals surface area contributed by atoms with Crippen molar-refractivity contribution >= 4 is 0 Å². The van der Waals surface area contributed by atoms with Crippen molar-refractivity contribution in [1.82, 2.24) is 10.3 Å². The predicted octanol–water partition coefficient (Wildman–Crippen LogP) is 0.594. The van der Waals surface area contributed by atoms with Gasteiger partial charge in [-0.25, -0.2) is 0 Å². The maximum atomic E-state index is 8.97. The number of pyridine rings is 1. The van der Waals surface area contributed by atoms with Crippen LogP contribution in [-0.4, -0.2) is 29.3 Å². The summed E-state index contributed by atoms with van der Waals surface area (Å²) in [6, 6.07) is 5.90. The average molecular weight is 180 g/mol. The topological polar surface area (TPSA) is 45.1 Å². The number of nitrogens with one attached hydrogen (secondary N) is 1. The van der Waals surface area contributed by atoms with E-state index in [1.54, 1.807) is 13.1 Å². The van der Waals surface area contributed by atoms with E-state index in [4.69, 9.17) is 5.11 Å². The summed E-state index contributed by atoms with van der Waals surface area (Å²) in [6.45, 7) is 3.28. The van der Waals surface area contributed by atoms with Crippen molar-refractivity contribution in [3.63, 3.8) is 0 Å². The largest absolute Gasteiger partial charge is 0.392 e. The van der Waals surface area contributed by atoms with E-state index in [9.17, 15) is 0 Å². The van der Waals surface area contributed by atoms with Gasteiger partial charge in [0, 0.05) is 31.4 Å². The lowest BCUT2D eigenvalue weighted by Crippen LogP contribution is -2.26.